The highest BCUT2D eigenvalue weighted by molar-refractivity contribution is 5.90. The molecule has 0 unspecified atom stereocenters. The first-order valence-electron chi connectivity index (χ1n) is 10.5. The monoisotopic (exact) mass is 521 g/mol. The van der Waals surface area contributed by atoms with Crippen LogP contribution >= 0.6 is 0 Å². The number of hydrogen-bond acceptors (Lipinski definition) is 9. The van der Waals surface area contributed by atoms with Crippen LogP contribution < -0.4 is 16.3 Å². The topological polar surface area (TPSA) is 224 Å². The van der Waals surface area contributed by atoms with E-state index in [0.29, 0.717) is 0 Å². The second-order valence-corrected chi connectivity index (χ2v) is 7.66. The Kier molecular flexibility index (Phi) is 6.65. The fourth-order valence-electron chi connectivity index (χ4n) is 3.39. The molecule has 38 heavy (non-hydrogen) atoms. The van der Waals surface area contributed by atoms with Gasteiger partial charge in [0, 0.05) is 30.2 Å². The summed E-state index contributed by atoms with van der Waals surface area (Å²) in [6.45, 7) is -0.519. The first-order valence-corrected chi connectivity index (χ1v) is 10.5. The Morgan fingerprint density at radius 2 is 1.79 bits per heavy atom. The summed E-state index contributed by atoms with van der Waals surface area (Å²) >= 11 is 0. The number of carbonyl (C=O) groups is 3. The molecule has 2 heterocycles. The van der Waals surface area contributed by atoms with Crippen molar-refractivity contribution in [2.75, 3.05) is 5.32 Å². The number of aromatic carboxylic acids is 2. The lowest BCUT2D eigenvalue weighted by atomic mass is 10.2. The smallest absolute Gasteiger partial charge is 0.411 e. The Labute approximate surface area is 209 Å². The number of hydrogen-bond donors (Lipinski definition) is 4. The molecule has 0 spiro atoms. The zero-order valence-electron chi connectivity index (χ0n) is 18.9. The fourth-order valence-corrected chi connectivity index (χ4v) is 3.39. The maximum Gasteiger partial charge on any atom is 0.411 e. The highest BCUT2D eigenvalue weighted by Crippen LogP contribution is 2.27. The van der Waals surface area contributed by atoms with Gasteiger partial charge in [-0.15, -0.1) is 0 Å². The number of anilines is 1. The second kappa shape index (κ2) is 10.0. The molecule has 0 aliphatic heterocycles. The highest BCUT2D eigenvalue weighted by atomic mass is 16.6. The van der Waals surface area contributed by atoms with Gasteiger partial charge in [-0.3, -0.25) is 25.0 Å². The molecular weight excluding hydrogens is 506 g/mol. The molecule has 0 atom stereocenters. The molecule has 4 aromatic rings. The molecule has 4 N–H and O–H groups in total. The van der Waals surface area contributed by atoms with Gasteiger partial charge in [-0.25, -0.2) is 19.4 Å². The van der Waals surface area contributed by atoms with Crippen molar-refractivity contribution in [3.63, 3.8) is 0 Å². The second-order valence-electron chi connectivity index (χ2n) is 7.66. The molecule has 0 saturated carbocycles. The van der Waals surface area contributed by atoms with Gasteiger partial charge in [0.1, 0.15) is 12.3 Å². The van der Waals surface area contributed by atoms with Crippen molar-refractivity contribution >= 4 is 40.4 Å². The molecule has 15 nitrogen and oxygen atoms in total. The van der Waals surface area contributed by atoms with Crippen molar-refractivity contribution in [3.05, 3.63) is 102 Å². The van der Waals surface area contributed by atoms with Gasteiger partial charge in [0.15, 0.2) is 5.43 Å². The molecule has 4 rings (SSSR count). The van der Waals surface area contributed by atoms with Crippen molar-refractivity contribution in [2.45, 2.75) is 6.61 Å². The quantitative estimate of drug-likeness (QED) is 0.203. The van der Waals surface area contributed by atoms with E-state index in [1.54, 1.807) is 0 Å². The third-order valence-corrected chi connectivity index (χ3v) is 5.20. The number of nitro groups is 1. The molecule has 1 amide bonds. The molecule has 0 bridgehead atoms. The van der Waals surface area contributed by atoms with E-state index in [-0.39, 0.29) is 33.5 Å². The third kappa shape index (κ3) is 5.20. The number of carbonyl (C=O) groups excluding carboxylic acids is 1. The number of nitrogens with one attached hydrogen (secondary N) is 2. The number of ether oxygens (including phenoxy) is 1. The van der Waals surface area contributed by atoms with Crippen molar-refractivity contribution in [3.8, 4) is 5.69 Å². The van der Waals surface area contributed by atoms with Crippen molar-refractivity contribution in [1.29, 1.82) is 0 Å². The standard InChI is InChI=1S/C23H15N5O10/c29-18-5-6-27(9-12(18)10-38-23(35)24-13-3-1-11(2-4-13)21(31)32)16-7-14-15(8-17(16)28(36)37)26-20(30)19(25-14)22(33)34/h1-9H,10H2,(H,24,35)(H,26,30)(H,31,32)(H,33,34). The minimum atomic E-state index is -1.59. The van der Waals surface area contributed by atoms with E-state index >= 15 is 0 Å². The van der Waals surface area contributed by atoms with E-state index in [1.165, 1.54) is 47.3 Å². The van der Waals surface area contributed by atoms with E-state index in [1.807, 2.05) is 0 Å². The van der Waals surface area contributed by atoms with Crippen LogP contribution in [0.25, 0.3) is 16.7 Å². The molecule has 192 valence electrons. The van der Waals surface area contributed by atoms with E-state index in [2.05, 4.69) is 15.3 Å². The molecule has 2 aromatic heterocycles. The number of nitro benzene ring substituents is 1. The lowest BCUT2D eigenvalue weighted by molar-refractivity contribution is -0.384. The van der Waals surface area contributed by atoms with E-state index in [4.69, 9.17) is 14.9 Å². The molecule has 0 fully saturated rings. The molecular formula is C23H15N5O10. The minimum absolute atomic E-state index is 0.0114. The van der Waals surface area contributed by atoms with Crippen LogP contribution in [-0.2, 0) is 11.3 Å². The molecule has 0 aliphatic rings. The third-order valence-electron chi connectivity index (χ3n) is 5.20. The fraction of sp³-hybridized carbons (Fsp3) is 0.0435. The van der Waals surface area contributed by atoms with Crippen LogP contribution in [0.4, 0.5) is 16.2 Å². The first-order chi connectivity index (χ1) is 18.0. The van der Waals surface area contributed by atoms with E-state index in [9.17, 15) is 34.1 Å². The average Bonchev–Trinajstić information content (AvgIpc) is 2.87. The number of amides is 1. The summed E-state index contributed by atoms with van der Waals surface area (Å²) in [5.74, 6) is -2.73. The Hall–Kier alpha value is -5.86. The van der Waals surface area contributed by atoms with Gasteiger partial charge in [-0.2, -0.15) is 0 Å². The van der Waals surface area contributed by atoms with Gasteiger partial charge < -0.3 is 24.5 Å². The summed E-state index contributed by atoms with van der Waals surface area (Å²) in [4.78, 5) is 75.5. The normalized spacial score (nSPS) is 10.6. The number of pyridine rings is 1. The average molecular weight is 521 g/mol. The van der Waals surface area contributed by atoms with Crippen LogP contribution in [-0.4, -0.2) is 47.7 Å². The predicted octanol–water partition coefficient (Wildman–Crippen LogP) is 2.13. The van der Waals surface area contributed by atoms with Gasteiger partial charge in [0.05, 0.1) is 27.1 Å². The van der Waals surface area contributed by atoms with Crippen molar-refractivity contribution in [2.24, 2.45) is 0 Å². The van der Waals surface area contributed by atoms with Crippen LogP contribution in [0.2, 0.25) is 0 Å². The maximum absolute atomic E-state index is 12.3. The largest absolute Gasteiger partial charge is 0.478 e. The summed E-state index contributed by atoms with van der Waals surface area (Å²) in [6, 6.07) is 8.48. The van der Waals surface area contributed by atoms with E-state index in [0.717, 1.165) is 12.1 Å². The van der Waals surface area contributed by atoms with Crippen LogP contribution in [0.1, 0.15) is 26.4 Å². The summed E-state index contributed by atoms with van der Waals surface area (Å²) in [5, 5.41) is 32.2. The Morgan fingerprint density at radius 1 is 1.08 bits per heavy atom. The lowest BCUT2D eigenvalue weighted by Crippen LogP contribution is -2.20. The summed E-state index contributed by atoms with van der Waals surface area (Å²) < 4.78 is 6.24. The Balaban J connectivity index is 1.62. The van der Waals surface area contributed by atoms with Crippen molar-refractivity contribution < 1.29 is 34.3 Å². The molecule has 15 heteroatoms. The zero-order valence-corrected chi connectivity index (χ0v) is 18.9. The van der Waals surface area contributed by atoms with Crippen LogP contribution in [0, 0.1) is 10.1 Å². The number of carboxylic acids is 2. The Morgan fingerprint density at radius 3 is 2.42 bits per heavy atom. The Bertz CT molecular complexity index is 1740. The van der Waals surface area contributed by atoms with Gasteiger partial charge in [-0.1, -0.05) is 0 Å². The van der Waals surface area contributed by atoms with Crippen molar-refractivity contribution in [1.82, 2.24) is 14.5 Å². The zero-order chi connectivity index (χ0) is 27.6. The van der Waals surface area contributed by atoms with E-state index < -0.39 is 51.9 Å². The minimum Gasteiger partial charge on any atom is -0.478 e. The van der Waals surface area contributed by atoms with Gasteiger partial charge in [-0.05, 0) is 30.3 Å². The molecule has 2 aromatic carbocycles. The summed E-state index contributed by atoms with van der Waals surface area (Å²) in [5.41, 5.74) is -2.93. The number of aromatic amines is 1. The highest BCUT2D eigenvalue weighted by Gasteiger charge is 2.20. The summed E-state index contributed by atoms with van der Waals surface area (Å²) in [6.07, 6.45) is 1.46. The van der Waals surface area contributed by atoms with Crippen LogP contribution in [0.3, 0.4) is 0 Å². The predicted molar refractivity (Wildman–Crippen MR) is 129 cm³/mol. The number of nitrogens with zero attached hydrogens (tertiary/aromatic N) is 3. The molecule has 0 aliphatic carbocycles. The van der Waals surface area contributed by atoms with Gasteiger partial charge >= 0.3 is 18.0 Å². The van der Waals surface area contributed by atoms with Gasteiger partial charge in [0.25, 0.3) is 11.2 Å². The van der Waals surface area contributed by atoms with Gasteiger partial charge in [0.2, 0.25) is 5.69 Å². The number of rotatable bonds is 7. The molecule has 0 radical (unpaired) electrons. The molecule has 0 saturated heterocycles. The first kappa shape index (κ1) is 25.2. The van der Waals surface area contributed by atoms with Crippen LogP contribution in [0.5, 0.6) is 0 Å². The number of fused-ring (bicyclic) bond motifs is 1. The number of H-pyrrole nitrogens is 1. The number of carboxylic acid groups (broad SMARTS) is 2. The number of benzene rings is 2. The number of aromatic nitrogens is 3. The summed E-state index contributed by atoms with van der Waals surface area (Å²) in [7, 11) is 0. The van der Waals surface area contributed by atoms with Crippen LogP contribution in [0.15, 0.2) is 64.4 Å². The SMILES string of the molecule is O=C(Nc1ccc(C(=O)O)cc1)OCc1cn(-c2cc3nc(C(=O)O)c(=O)[nH]c3cc2[N+](=O)[O-])ccc1=O. The maximum atomic E-state index is 12.3. The lowest BCUT2D eigenvalue weighted by Gasteiger charge is -2.11.